The molecule has 1 aliphatic heterocycles. The second-order valence-electron chi connectivity index (χ2n) is 9.82. The van der Waals surface area contributed by atoms with Gasteiger partial charge in [0, 0.05) is 37.7 Å². The number of thiazole rings is 1. The number of ketones is 1. The van der Waals surface area contributed by atoms with Gasteiger partial charge in [-0.15, -0.1) is 0 Å². The minimum atomic E-state index is -2.84. The number of aromatic nitrogens is 1. The predicted molar refractivity (Wildman–Crippen MR) is 123 cm³/mol. The summed E-state index contributed by atoms with van der Waals surface area (Å²) in [4.78, 5) is 20.2. The van der Waals surface area contributed by atoms with E-state index >= 15 is 0 Å². The third-order valence-corrected chi connectivity index (χ3v) is 7.47. The number of halogens is 2. The van der Waals surface area contributed by atoms with E-state index in [4.69, 9.17) is 9.47 Å². The van der Waals surface area contributed by atoms with Crippen LogP contribution in [0, 0.1) is 11.8 Å². The quantitative estimate of drug-likeness (QED) is 0.402. The fourth-order valence-corrected chi connectivity index (χ4v) is 5.50. The molecule has 8 heteroatoms. The first-order chi connectivity index (χ1) is 15.2. The Morgan fingerprint density at radius 3 is 2.66 bits per heavy atom. The average molecular weight is 473 g/mol. The van der Waals surface area contributed by atoms with Crippen LogP contribution in [0.1, 0.15) is 76.3 Å². The van der Waals surface area contributed by atoms with Gasteiger partial charge in [0.25, 0.3) is 11.1 Å². The van der Waals surface area contributed by atoms with Crippen LogP contribution in [0.5, 0.6) is 5.19 Å². The highest BCUT2D eigenvalue weighted by Crippen LogP contribution is 2.34. The number of fused-ring (bicyclic) bond motifs is 1. The molecular formula is C24H38F2N2O3S. The maximum atomic E-state index is 13.0. The van der Waals surface area contributed by atoms with Crippen molar-refractivity contribution in [2.75, 3.05) is 26.3 Å². The lowest BCUT2D eigenvalue weighted by molar-refractivity contribution is -0.121. The van der Waals surface area contributed by atoms with E-state index < -0.39 is 12.5 Å². The maximum Gasteiger partial charge on any atom is 0.278 e. The summed E-state index contributed by atoms with van der Waals surface area (Å²) in [6, 6.07) is 0. The molecular weight excluding hydrogens is 434 g/mol. The topological polar surface area (TPSA) is 51.7 Å². The van der Waals surface area contributed by atoms with Crippen LogP contribution >= 0.6 is 11.3 Å². The fraction of sp³-hybridized carbons (Fsp3) is 0.833. The molecule has 0 saturated heterocycles. The normalized spacial score (nSPS) is 22.2. The first-order valence-electron chi connectivity index (χ1n) is 12.0. The molecule has 1 aromatic rings. The summed E-state index contributed by atoms with van der Waals surface area (Å²) in [6.07, 6.45) is 8.24. The number of alkyl halides is 2. The molecule has 0 spiro atoms. The lowest BCUT2D eigenvalue weighted by Gasteiger charge is -2.31. The zero-order valence-corrected chi connectivity index (χ0v) is 20.5. The van der Waals surface area contributed by atoms with Crippen LogP contribution in [-0.4, -0.2) is 54.0 Å². The molecule has 1 saturated carbocycles. The van der Waals surface area contributed by atoms with Crippen LogP contribution in [-0.2, 0) is 22.5 Å². The van der Waals surface area contributed by atoms with Crippen LogP contribution in [0.15, 0.2) is 0 Å². The number of Topliss-reactive ketones (excluding diaryl/α,β-unsaturated/α-hetero) is 1. The van der Waals surface area contributed by atoms with E-state index in [1.54, 1.807) is 0 Å². The van der Waals surface area contributed by atoms with Crippen molar-refractivity contribution in [1.29, 1.82) is 0 Å². The van der Waals surface area contributed by atoms with Crippen molar-refractivity contribution in [2.45, 2.75) is 90.7 Å². The molecule has 1 aromatic heterocycles. The first-order valence-corrected chi connectivity index (χ1v) is 12.8. The Bertz CT molecular complexity index is 727. The Labute approximate surface area is 194 Å². The Morgan fingerprint density at radius 2 is 1.97 bits per heavy atom. The first kappa shape index (κ1) is 25.5. The van der Waals surface area contributed by atoms with Gasteiger partial charge >= 0.3 is 0 Å². The molecule has 2 aliphatic rings. The number of ether oxygens (including phenoxy) is 2. The number of carbonyl (C=O) groups excluding carboxylic acids is 1. The summed E-state index contributed by atoms with van der Waals surface area (Å²) in [5.74, 6) is -1.23. The Balaban J connectivity index is 1.33. The van der Waals surface area contributed by atoms with E-state index in [0.717, 1.165) is 57.4 Å². The molecule has 0 atom stereocenters. The molecule has 0 aromatic carbocycles. The van der Waals surface area contributed by atoms with Crippen LogP contribution in [0.3, 0.4) is 0 Å². The average Bonchev–Trinajstić information content (AvgIpc) is 3.13. The number of rotatable bonds is 12. The maximum absolute atomic E-state index is 13.0. The second kappa shape index (κ2) is 11.8. The fourth-order valence-electron chi connectivity index (χ4n) is 4.59. The van der Waals surface area contributed by atoms with Gasteiger partial charge in [-0.2, -0.15) is 0 Å². The second-order valence-corrected chi connectivity index (χ2v) is 10.9. The SMILES string of the molecule is CC(C)OCCC(=O)CC1CCC(CCN2CCc3sc(OCC(C)(F)F)nc3C2)CC1. The van der Waals surface area contributed by atoms with Crippen LogP contribution in [0.2, 0.25) is 0 Å². The van der Waals surface area contributed by atoms with E-state index in [-0.39, 0.29) is 6.10 Å². The summed E-state index contributed by atoms with van der Waals surface area (Å²) in [5, 5.41) is 0.363. The molecule has 2 heterocycles. The molecule has 1 fully saturated rings. The van der Waals surface area contributed by atoms with Crippen molar-refractivity contribution in [1.82, 2.24) is 9.88 Å². The zero-order valence-electron chi connectivity index (χ0n) is 19.7. The third-order valence-electron chi connectivity index (χ3n) is 6.40. The number of nitrogens with zero attached hydrogens (tertiary/aromatic N) is 2. The predicted octanol–water partition coefficient (Wildman–Crippen LogP) is 5.51. The Morgan fingerprint density at radius 1 is 1.25 bits per heavy atom. The van der Waals surface area contributed by atoms with E-state index in [1.165, 1.54) is 35.5 Å². The standard InChI is InChI=1S/C24H38F2N2O3S/c1-17(2)30-13-10-20(29)14-19-6-4-18(5-7-19)8-11-28-12-9-22-21(15-28)27-23(32-22)31-16-24(3,25)26/h17-19H,4-16H2,1-3H3. The smallest absolute Gasteiger partial charge is 0.278 e. The van der Waals surface area contributed by atoms with E-state index in [9.17, 15) is 13.6 Å². The molecule has 32 heavy (non-hydrogen) atoms. The molecule has 0 amide bonds. The Hall–Kier alpha value is -1.12. The highest BCUT2D eigenvalue weighted by molar-refractivity contribution is 7.13. The van der Waals surface area contributed by atoms with E-state index in [0.29, 0.717) is 36.3 Å². The Kier molecular flexibility index (Phi) is 9.44. The largest absolute Gasteiger partial charge is 0.464 e. The summed E-state index contributed by atoms with van der Waals surface area (Å²) < 4.78 is 36.7. The van der Waals surface area contributed by atoms with Gasteiger partial charge < -0.3 is 9.47 Å². The zero-order chi connectivity index (χ0) is 23.1. The van der Waals surface area contributed by atoms with Gasteiger partial charge in [-0.05, 0) is 57.9 Å². The molecule has 0 bridgehead atoms. The number of hydrogen-bond acceptors (Lipinski definition) is 6. The van der Waals surface area contributed by atoms with Crippen molar-refractivity contribution in [2.24, 2.45) is 11.8 Å². The summed E-state index contributed by atoms with van der Waals surface area (Å²) in [5.41, 5.74) is 0.985. The monoisotopic (exact) mass is 472 g/mol. The van der Waals surface area contributed by atoms with Crippen molar-refractivity contribution >= 4 is 17.1 Å². The molecule has 0 N–H and O–H groups in total. The number of carbonyl (C=O) groups is 1. The number of hydrogen-bond donors (Lipinski definition) is 0. The van der Waals surface area contributed by atoms with Crippen molar-refractivity contribution < 1.29 is 23.0 Å². The van der Waals surface area contributed by atoms with Crippen LogP contribution < -0.4 is 4.74 Å². The van der Waals surface area contributed by atoms with Gasteiger partial charge in [-0.3, -0.25) is 9.69 Å². The van der Waals surface area contributed by atoms with E-state index in [1.807, 2.05) is 13.8 Å². The highest BCUT2D eigenvalue weighted by atomic mass is 32.1. The van der Waals surface area contributed by atoms with Crippen molar-refractivity contribution in [3.63, 3.8) is 0 Å². The minimum absolute atomic E-state index is 0.185. The van der Waals surface area contributed by atoms with Crippen molar-refractivity contribution in [3.8, 4) is 5.19 Å². The van der Waals surface area contributed by atoms with Gasteiger partial charge in [0.15, 0.2) is 6.61 Å². The van der Waals surface area contributed by atoms with Crippen LogP contribution in [0.4, 0.5) is 8.78 Å². The molecule has 0 radical (unpaired) electrons. The lowest BCUT2D eigenvalue weighted by Crippen LogP contribution is -2.32. The highest BCUT2D eigenvalue weighted by Gasteiger charge is 2.27. The van der Waals surface area contributed by atoms with Crippen molar-refractivity contribution in [3.05, 3.63) is 10.6 Å². The van der Waals surface area contributed by atoms with Gasteiger partial charge in [-0.25, -0.2) is 13.8 Å². The molecule has 3 rings (SSSR count). The van der Waals surface area contributed by atoms with Gasteiger partial charge in [0.05, 0.1) is 18.4 Å². The summed E-state index contributed by atoms with van der Waals surface area (Å²) in [6.45, 7) is 7.57. The van der Waals surface area contributed by atoms with Gasteiger partial charge in [0.2, 0.25) is 0 Å². The minimum Gasteiger partial charge on any atom is -0.464 e. The summed E-state index contributed by atoms with van der Waals surface area (Å²) >= 11 is 1.41. The molecule has 1 aliphatic carbocycles. The van der Waals surface area contributed by atoms with E-state index in [2.05, 4.69) is 9.88 Å². The molecule has 0 unspecified atom stereocenters. The molecule has 182 valence electrons. The lowest BCUT2D eigenvalue weighted by atomic mass is 9.78. The van der Waals surface area contributed by atoms with Gasteiger partial charge in [-0.1, -0.05) is 24.2 Å². The summed E-state index contributed by atoms with van der Waals surface area (Å²) in [7, 11) is 0. The third kappa shape index (κ3) is 8.67. The van der Waals surface area contributed by atoms with Gasteiger partial charge in [0.1, 0.15) is 5.78 Å². The molecule has 5 nitrogen and oxygen atoms in total. The van der Waals surface area contributed by atoms with Crippen LogP contribution in [0.25, 0.3) is 0 Å².